The number of benzene rings is 1. The number of carbonyl (C=O) groups is 1. The van der Waals surface area contributed by atoms with E-state index in [-0.39, 0.29) is 18.8 Å². The number of amides is 1. The minimum Gasteiger partial charge on any atom is -0.488 e. The number of likely N-dealkylation sites (tertiary alicyclic amines) is 1. The molecule has 6 nitrogen and oxygen atoms in total. The van der Waals surface area contributed by atoms with Gasteiger partial charge in [0.25, 0.3) is 0 Å². The predicted octanol–water partition coefficient (Wildman–Crippen LogP) is 2.19. The van der Waals surface area contributed by atoms with Crippen molar-refractivity contribution in [2.24, 2.45) is 17.8 Å². The molecule has 1 N–H and O–H groups in total. The molecule has 1 amide bonds. The van der Waals surface area contributed by atoms with Crippen LogP contribution >= 0.6 is 0 Å². The van der Waals surface area contributed by atoms with Crippen LogP contribution in [0, 0.1) is 17.8 Å². The first-order chi connectivity index (χ1) is 12.7. The van der Waals surface area contributed by atoms with Crippen molar-refractivity contribution >= 4 is 5.91 Å². The number of nitrogens with zero attached hydrogens (tertiary/aromatic N) is 1. The van der Waals surface area contributed by atoms with E-state index < -0.39 is 6.10 Å². The summed E-state index contributed by atoms with van der Waals surface area (Å²) in [5.74, 6) is 3.49. The van der Waals surface area contributed by atoms with Crippen molar-refractivity contribution in [3.8, 4) is 17.2 Å². The normalized spacial score (nSPS) is 32.9. The van der Waals surface area contributed by atoms with Gasteiger partial charge in [-0.3, -0.25) is 4.79 Å². The molecule has 0 unspecified atom stereocenters. The quantitative estimate of drug-likeness (QED) is 0.896. The monoisotopic (exact) mass is 359 g/mol. The summed E-state index contributed by atoms with van der Waals surface area (Å²) >= 11 is 0. The van der Waals surface area contributed by atoms with E-state index in [0.29, 0.717) is 35.7 Å². The second kappa shape index (κ2) is 6.34. The number of hydrogen-bond acceptors (Lipinski definition) is 5. The largest absolute Gasteiger partial charge is 0.488 e. The molecule has 5 rings (SSSR count). The van der Waals surface area contributed by atoms with Gasteiger partial charge in [0.1, 0.15) is 11.9 Å². The highest BCUT2D eigenvalue weighted by Gasteiger charge is 2.45. The first kappa shape index (κ1) is 16.2. The van der Waals surface area contributed by atoms with Gasteiger partial charge in [-0.1, -0.05) is 6.42 Å². The van der Waals surface area contributed by atoms with Crippen molar-refractivity contribution in [3.63, 3.8) is 0 Å². The minimum atomic E-state index is -0.500. The Hall–Kier alpha value is -1.95. The summed E-state index contributed by atoms with van der Waals surface area (Å²) in [7, 11) is 0. The van der Waals surface area contributed by atoms with Crippen LogP contribution in [-0.2, 0) is 4.79 Å². The van der Waals surface area contributed by atoms with Crippen LogP contribution in [0.5, 0.6) is 17.2 Å². The molecule has 1 saturated heterocycles. The summed E-state index contributed by atoms with van der Waals surface area (Å²) < 4.78 is 16.8. The van der Waals surface area contributed by atoms with Gasteiger partial charge in [0.05, 0.1) is 6.10 Å². The van der Waals surface area contributed by atoms with Gasteiger partial charge in [-0.05, 0) is 49.7 Å². The van der Waals surface area contributed by atoms with Crippen molar-refractivity contribution in [2.75, 3.05) is 19.9 Å². The molecule has 0 radical (unpaired) electrons. The van der Waals surface area contributed by atoms with E-state index in [1.54, 1.807) is 0 Å². The zero-order valence-corrected chi connectivity index (χ0v) is 14.8. The fourth-order valence-electron chi connectivity index (χ4n) is 4.74. The van der Waals surface area contributed by atoms with E-state index in [1.165, 1.54) is 6.42 Å². The fourth-order valence-corrected chi connectivity index (χ4v) is 4.74. The van der Waals surface area contributed by atoms with Crippen molar-refractivity contribution in [1.82, 2.24) is 4.90 Å². The van der Waals surface area contributed by atoms with Crippen LogP contribution in [-0.4, -0.2) is 48.0 Å². The van der Waals surface area contributed by atoms with Crippen molar-refractivity contribution < 1.29 is 24.1 Å². The topological polar surface area (TPSA) is 68.2 Å². The van der Waals surface area contributed by atoms with Crippen LogP contribution in [0.3, 0.4) is 0 Å². The van der Waals surface area contributed by atoms with Gasteiger partial charge in [0.2, 0.25) is 12.7 Å². The van der Waals surface area contributed by atoms with Crippen LogP contribution in [0.2, 0.25) is 0 Å². The lowest BCUT2D eigenvalue weighted by atomic mass is 9.78. The molecule has 6 heteroatoms. The Labute approximate surface area is 153 Å². The van der Waals surface area contributed by atoms with Gasteiger partial charge in [-0.2, -0.15) is 0 Å². The highest BCUT2D eigenvalue weighted by atomic mass is 16.7. The molecule has 2 aliphatic heterocycles. The zero-order valence-electron chi connectivity index (χ0n) is 14.8. The number of aliphatic hydroxyl groups is 1. The summed E-state index contributed by atoms with van der Waals surface area (Å²) in [6, 6.07) is 5.51. The van der Waals surface area contributed by atoms with Crippen LogP contribution < -0.4 is 14.2 Å². The Morgan fingerprint density at radius 2 is 1.88 bits per heavy atom. The van der Waals surface area contributed by atoms with Crippen LogP contribution in [0.1, 0.15) is 32.1 Å². The number of hydrogen-bond donors (Lipinski definition) is 1. The van der Waals surface area contributed by atoms with Crippen LogP contribution in [0.25, 0.3) is 0 Å². The number of rotatable bonds is 3. The number of fused-ring (bicyclic) bond motifs is 2. The summed E-state index contributed by atoms with van der Waals surface area (Å²) in [6.07, 6.45) is 4.02. The molecule has 2 saturated carbocycles. The third kappa shape index (κ3) is 2.80. The number of ether oxygens (including phenoxy) is 3. The predicted molar refractivity (Wildman–Crippen MR) is 93.1 cm³/mol. The maximum absolute atomic E-state index is 12.5. The molecule has 0 aromatic heterocycles. The Bertz CT molecular complexity index is 703. The van der Waals surface area contributed by atoms with E-state index >= 15 is 0 Å². The van der Waals surface area contributed by atoms with E-state index in [2.05, 4.69) is 0 Å². The molecule has 140 valence electrons. The van der Waals surface area contributed by atoms with Crippen LogP contribution in [0.4, 0.5) is 0 Å². The third-order valence-electron chi connectivity index (χ3n) is 6.48. The summed E-state index contributed by atoms with van der Waals surface area (Å²) in [6.45, 7) is 1.85. The fraction of sp³-hybridized carbons (Fsp3) is 0.650. The molecule has 1 aromatic rings. The van der Waals surface area contributed by atoms with E-state index in [4.69, 9.17) is 14.2 Å². The highest BCUT2D eigenvalue weighted by Crippen LogP contribution is 2.41. The van der Waals surface area contributed by atoms with Crippen molar-refractivity contribution in [1.29, 1.82) is 0 Å². The maximum Gasteiger partial charge on any atom is 0.231 e. The molecule has 2 heterocycles. The average Bonchev–Trinajstić information content (AvgIpc) is 3.19. The van der Waals surface area contributed by atoms with Gasteiger partial charge >= 0.3 is 0 Å². The molecule has 0 bridgehead atoms. The molecule has 2 aliphatic carbocycles. The lowest BCUT2D eigenvalue weighted by molar-refractivity contribution is -0.137. The maximum atomic E-state index is 12.5. The lowest BCUT2D eigenvalue weighted by Gasteiger charge is -2.35. The second-order valence-corrected chi connectivity index (χ2v) is 8.10. The van der Waals surface area contributed by atoms with E-state index in [1.807, 2.05) is 23.1 Å². The highest BCUT2D eigenvalue weighted by molar-refractivity contribution is 5.79. The first-order valence-corrected chi connectivity index (χ1v) is 9.70. The number of aliphatic hydroxyl groups excluding tert-OH is 1. The Morgan fingerprint density at radius 3 is 2.65 bits per heavy atom. The summed E-state index contributed by atoms with van der Waals surface area (Å²) in [4.78, 5) is 14.6. The van der Waals surface area contributed by atoms with E-state index in [9.17, 15) is 9.90 Å². The first-order valence-electron chi connectivity index (χ1n) is 9.70. The Balaban J connectivity index is 1.24. The standard InChI is InChI=1S/C20H25NO5/c22-16-6-13-9-21(20(23)12-2-1-3-12)10-14(13)7-18(16)26-15-4-5-17-19(8-15)25-11-24-17/h4-5,8,12-14,16,18,22H,1-3,6-7,9-11H2/t13-,14+,16+,18+/m0/s1. The van der Waals surface area contributed by atoms with E-state index in [0.717, 1.165) is 38.1 Å². The number of carbonyl (C=O) groups excluding carboxylic acids is 1. The molecule has 26 heavy (non-hydrogen) atoms. The molecular weight excluding hydrogens is 334 g/mol. The van der Waals surface area contributed by atoms with Crippen LogP contribution in [0.15, 0.2) is 18.2 Å². The smallest absolute Gasteiger partial charge is 0.231 e. The lowest BCUT2D eigenvalue weighted by Crippen LogP contribution is -2.42. The molecule has 0 spiro atoms. The van der Waals surface area contributed by atoms with Crippen molar-refractivity contribution in [2.45, 2.75) is 44.3 Å². The minimum absolute atomic E-state index is 0.236. The van der Waals surface area contributed by atoms with Gasteiger partial charge in [-0.25, -0.2) is 0 Å². The summed E-state index contributed by atoms with van der Waals surface area (Å²) in [5.41, 5.74) is 0. The van der Waals surface area contributed by atoms with Gasteiger partial charge in [-0.15, -0.1) is 0 Å². The third-order valence-corrected chi connectivity index (χ3v) is 6.48. The SMILES string of the molecule is O=C(C1CCC1)N1C[C@H]2C[C@@H](Oc3ccc4c(c3)OCO4)[C@H](O)C[C@H]2C1. The molecular formula is C20H25NO5. The molecule has 4 aliphatic rings. The molecule has 1 aromatic carbocycles. The Morgan fingerprint density at radius 1 is 1.12 bits per heavy atom. The molecule has 3 fully saturated rings. The van der Waals surface area contributed by atoms with Gasteiger partial charge < -0.3 is 24.2 Å². The summed E-state index contributed by atoms with van der Waals surface area (Å²) in [5, 5.41) is 10.6. The second-order valence-electron chi connectivity index (χ2n) is 8.10. The van der Waals surface area contributed by atoms with Crippen molar-refractivity contribution in [3.05, 3.63) is 18.2 Å². The zero-order chi connectivity index (χ0) is 17.7. The molecule has 4 atom stereocenters. The average molecular weight is 359 g/mol. The Kier molecular flexibility index (Phi) is 3.96. The van der Waals surface area contributed by atoms with Gasteiger partial charge in [0, 0.05) is 25.1 Å². The van der Waals surface area contributed by atoms with Gasteiger partial charge in [0.15, 0.2) is 11.5 Å².